The first kappa shape index (κ1) is 13.8. The second kappa shape index (κ2) is 5.56. The van der Waals surface area contributed by atoms with Gasteiger partial charge in [0.25, 0.3) is 0 Å². The van der Waals surface area contributed by atoms with Crippen LogP contribution in [0, 0.1) is 17.0 Å². The minimum Gasteiger partial charge on any atom is -0.360 e. The van der Waals surface area contributed by atoms with E-state index in [4.69, 9.17) is 5.73 Å². The Bertz CT molecular complexity index is 471. The lowest BCUT2D eigenvalue weighted by atomic mass is 10.0. The molecule has 0 aromatic carbocycles. The van der Waals surface area contributed by atoms with Gasteiger partial charge in [-0.1, -0.05) is 19.3 Å². The van der Waals surface area contributed by atoms with Crippen LogP contribution in [0.15, 0.2) is 0 Å². The Hall–Kier alpha value is -1.63. The van der Waals surface area contributed by atoms with Crippen LogP contribution in [0.1, 0.15) is 37.9 Å². The molecule has 2 unspecified atom stereocenters. The third kappa shape index (κ3) is 2.86. The molecule has 2 rings (SSSR count). The average molecular weight is 267 g/mol. The van der Waals surface area contributed by atoms with Gasteiger partial charge in [-0.15, -0.1) is 0 Å². The maximum Gasteiger partial charge on any atom is 0.406 e. The fraction of sp³-hybridized carbons (Fsp3) is 0.750. The molecule has 0 bridgehead atoms. The molecule has 1 aliphatic carbocycles. The molecule has 2 atom stereocenters. The Labute approximate surface area is 112 Å². The molecular formula is C12H21N5O2. The van der Waals surface area contributed by atoms with Gasteiger partial charge in [0, 0.05) is 26.1 Å². The Morgan fingerprint density at radius 2 is 2.11 bits per heavy atom. The van der Waals surface area contributed by atoms with Crippen molar-refractivity contribution in [1.82, 2.24) is 9.55 Å². The molecule has 1 aromatic rings. The number of nitrogens with one attached hydrogen (secondary N) is 1. The van der Waals surface area contributed by atoms with Crippen LogP contribution in [-0.2, 0) is 7.05 Å². The van der Waals surface area contributed by atoms with E-state index in [1.807, 2.05) is 0 Å². The summed E-state index contributed by atoms with van der Waals surface area (Å²) in [5.74, 6) is 0.970. The van der Waals surface area contributed by atoms with Gasteiger partial charge in [-0.2, -0.15) is 0 Å². The Balaban J connectivity index is 2.24. The highest BCUT2D eigenvalue weighted by Gasteiger charge is 2.28. The van der Waals surface area contributed by atoms with Gasteiger partial charge in [-0.05, 0) is 22.7 Å². The van der Waals surface area contributed by atoms with E-state index in [0.717, 1.165) is 25.7 Å². The Kier molecular flexibility index (Phi) is 4.04. The fourth-order valence-corrected chi connectivity index (χ4v) is 2.57. The van der Waals surface area contributed by atoms with Crippen LogP contribution in [-0.4, -0.2) is 26.6 Å². The van der Waals surface area contributed by atoms with Gasteiger partial charge >= 0.3 is 5.82 Å². The third-order valence-electron chi connectivity index (χ3n) is 3.86. The van der Waals surface area contributed by atoms with Gasteiger partial charge in [-0.3, -0.25) is 4.57 Å². The molecule has 1 fully saturated rings. The summed E-state index contributed by atoms with van der Waals surface area (Å²) in [4.78, 5) is 14.6. The topological polar surface area (TPSA) is 99.0 Å². The lowest BCUT2D eigenvalue weighted by molar-refractivity contribution is -0.388. The van der Waals surface area contributed by atoms with Crippen LogP contribution < -0.4 is 11.1 Å². The van der Waals surface area contributed by atoms with Crippen molar-refractivity contribution in [3.63, 3.8) is 0 Å². The number of nitrogens with two attached hydrogens (primary N) is 1. The average Bonchev–Trinajstić information content (AvgIpc) is 2.52. The van der Waals surface area contributed by atoms with Crippen LogP contribution in [0.25, 0.3) is 0 Å². The molecule has 0 saturated heterocycles. The van der Waals surface area contributed by atoms with Crippen molar-refractivity contribution in [2.75, 3.05) is 5.32 Å². The molecule has 1 heterocycles. The van der Waals surface area contributed by atoms with Crippen molar-refractivity contribution in [3.8, 4) is 0 Å². The van der Waals surface area contributed by atoms with Crippen LogP contribution in [0.5, 0.6) is 0 Å². The molecule has 0 amide bonds. The van der Waals surface area contributed by atoms with Gasteiger partial charge in [0.05, 0.1) is 0 Å². The summed E-state index contributed by atoms with van der Waals surface area (Å²) in [7, 11) is 1.78. The number of hydrogen-bond donors (Lipinski definition) is 2. The zero-order valence-electron chi connectivity index (χ0n) is 11.4. The maximum absolute atomic E-state index is 11.0. The first-order valence-corrected chi connectivity index (χ1v) is 6.70. The highest BCUT2D eigenvalue weighted by Crippen LogP contribution is 2.27. The summed E-state index contributed by atoms with van der Waals surface area (Å²) in [5.41, 5.74) is 6.15. The normalized spacial score (nSPS) is 23.9. The number of aromatic nitrogens is 2. The minimum atomic E-state index is -0.447. The van der Waals surface area contributed by atoms with E-state index < -0.39 is 4.92 Å². The van der Waals surface area contributed by atoms with E-state index in [2.05, 4.69) is 10.3 Å². The predicted octanol–water partition coefficient (Wildman–Crippen LogP) is 1.71. The van der Waals surface area contributed by atoms with Crippen LogP contribution in [0.4, 0.5) is 11.6 Å². The van der Waals surface area contributed by atoms with Gasteiger partial charge in [0.1, 0.15) is 0 Å². The smallest absolute Gasteiger partial charge is 0.360 e. The number of aryl methyl sites for hydroxylation is 1. The summed E-state index contributed by atoms with van der Waals surface area (Å²) in [6.45, 7) is 1.76. The molecule has 1 aromatic heterocycles. The van der Waals surface area contributed by atoms with E-state index in [-0.39, 0.29) is 17.9 Å². The van der Waals surface area contributed by atoms with E-state index in [1.54, 1.807) is 18.5 Å². The largest absolute Gasteiger partial charge is 0.406 e. The van der Waals surface area contributed by atoms with E-state index in [9.17, 15) is 10.1 Å². The van der Waals surface area contributed by atoms with Crippen LogP contribution >= 0.6 is 0 Å². The first-order valence-electron chi connectivity index (χ1n) is 6.70. The number of nitrogens with zero attached hydrogens (tertiary/aromatic N) is 3. The lowest BCUT2D eigenvalue weighted by Gasteiger charge is -2.23. The van der Waals surface area contributed by atoms with Gasteiger partial charge in [-0.25, -0.2) is 0 Å². The maximum atomic E-state index is 11.0. The predicted molar refractivity (Wildman–Crippen MR) is 73.1 cm³/mol. The molecule has 19 heavy (non-hydrogen) atoms. The molecule has 0 spiro atoms. The van der Waals surface area contributed by atoms with Gasteiger partial charge in [0.2, 0.25) is 11.6 Å². The van der Waals surface area contributed by atoms with Crippen LogP contribution in [0.2, 0.25) is 0 Å². The third-order valence-corrected chi connectivity index (χ3v) is 3.86. The summed E-state index contributed by atoms with van der Waals surface area (Å²) < 4.78 is 1.72. The van der Waals surface area contributed by atoms with Crippen molar-refractivity contribution >= 4 is 11.6 Å². The van der Waals surface area contributed by atoms with Crippen molar-refractivity contribution in [2.45, 2.75) is 51.1 Å². The van der Waals surface area contributed by atoms with E-state index >= 15 is 0 Å². The van der Waals surface area contributed by atoms with Gasteiger partial charge in [0.15, 0.2) is 0 Å². The highest BCUT2D eigenvalue weighted by molar-refractivity contribution is 5.54. The zero-order chi connectivity index (χ0) is 14.0. The number of hydrogen-bond acceptors (Lipinski definition) is 5. The second-order valence-corrected chi connectivity index (χ2v) is 5.20. The lowest BCUT2D eigenvalue weighted by Crippen LogP contribution is -2.39. The number of anilines is 1. The fourth-order valence-electron chi connectivity index (χ4n) is 2.57. The summed E-state index contributed by atoms with van der Waals surface area (Å²) >= 11 is 0. The van der Waals surface area contributed by atoms with E-state index in [0.29, 0.717) is 11.6 Å². The zero-order valence-corrected chi connectivity index (χ0v) is 11.4. The first-order chi connectivity index (χ1) is 9.00. The summed E-state index contributed by atoms with van der Waals surface area (Å²) in [5, 5.41) is 14.3. The van der Waals surface area contributed by atoms with E-state index in [1.165, 1.54) is 6.42 Å². The van der Waals surface area contributed by atoms with Crippen molar-refractivity contribution in [2.24, 2.45) is 12.8 Å². The quantitative estimate of drug-likeness (QED) is 0.493. The molecule has 3 N–H and O–H groups in total. The second-order valence-electron chi connectivity index (χ2n) is 5.20. The Morgan fingerprint density at radius 3 is 2.79 bits per heavy atom. The van der Waals surface area contributed by atoms with Crippen LogP contribution in [0.3, 0.4) is 0 Å². The monoisotopic (exact) mass is 267 g/mol. The molecule has 7 nitrogen and oxygen atoms in total. The highest BCUT2D eigenvalue weighted by atomic mass is 16.6. The molecule has 106 valence electrons. The number of imidazole rings is 1. The standard InChI is InChI=1S/C12H21N5O2/c1-8-14-12(17(18)19)11(16(8)2)15-10-7-5-3-4-6-9(10)13/h9-10,15H,3-7,13H2,1-2H3. The molecule has 0 radical (unpaired) electrons. The number of rotatable bonds is 3. The van der Waals surface area contributed by atoms with Gasteiger partial charge < -0.3 is 21.2 Å². The molecule has 0 aliphatic heterocycles. The van der Waals surface area contributed by atoms with Crippen molar-refractivity contribution < 1.29 is 4.92 Å². The Morgan fingerprint density at radius 1 is 1.42 bits per heavy atom. The number of nitro groups is 1. The minimum absolute atomic E-state index is 0.0392. The summed E-state index contributed by atoms with van der Waals surface area (Å²) in [6, 6.07) is 0.119. The summed E-state index contributed by atoms with van der Waals surface area (Å²) in [6.07, 6.45) is 5.32. The van der Waals surface area contributed by atoms with Crippen molar-refractivity contribution in [3.05, 3.63) is 15.9 Å². The molecular weight excluding hydrogens is 246 g/mol. The molecule has 1 aliphatic rings. The molecule has 7 heteroatoms. The molecule has 1 saturated carbocycles. The van der Waals surface area contributed by atoms with Crippen molar-refractivity contribution in [1.29, 1.82) is 0 Å². The SMILES string of the molecule is Cc1nc([N+](=O)[O-])c(NC2CCCCCC2N)n1C.